The van der Waals surface area contributed by atoms with Crippen molar-refractivity contribution in [3.63, 3.8) is 0 Å². The van der Waals surface area contributed by atoms with Gasteiger partial charge in [-0.05, 0) is 37.0 Å². The van der Waals surface area contributed by atoms with E-state index in [0.717, 1.165) is 12.5 Å². The zero-order valence-electron chi connectivity index (χ0n) is 7.21. The molecular weight excluding hydrogens is 152 g/mol. The van der Waals surface area contributed by atoms with Gasteiger partial charge in [-0.2, -0.15) is 0 Å². The van der Waals surface area contributed by atoms with E-state index in [1.165, 1.54) is 25.7 Å². The van der Waals surface area contributed by atoms with E-state index in [4.69, 9.17) is 11.6 Å². The number of aliphatic imine (C=N–C) groups is 1. The van der Waals surface area contributed by atoms with Crippen molar-refractivity contribution >= 4 is 5.96 Å². The Morgan fingerprint density at radius 3 is 2.58 bits per heavy atom. The molecule has 0 atom stereocenters. The highest BCUT2D eigenvalue weighted by atomic mass is 15.3. The van der Waals surface area contributed by atoms with Crippen molar-refractivity contribution in [1.82, 2.24) is 5.43 Å². The highest BCUT2D eigenvalue weighted by Crippen LogP contribution is 2.61. The Morgan fingerprint density at radius 2 is 2.17 bits per heavy atom. The molecule has 4 heteroatoms. The molecule has 0 unspecified atom stereocenters. The Bertz CT molecular complexity index is 203. The van der Waals surface area contributed by atoms with Crippen LogP contribution < -0.4 is 17.0 Å². The molecule has 0 saturated heterocycles. The molecule has 0 radical (unpaired) electrons. The fourth-order valence-electron chi connectivity index (χ4n) is 1.84. The molecule has 2 aliphatic carbocycles. The molecule has 0 spiro atoms. The number of nitrogens with one attached hydrogen (secondary N) is 1. The average molecular weight is 168 g/mol. The second-order valence-corrected chi connectivity index (χ2v) is 3.98. The quantitative estimate of drug-likeness (QED) is 0.239. The minimum absolute atomic E-state index is 0.363. The van der Waals surface area contributed by atoms with Gasteiger partial charge in [0.15, 0.2) is 0 Å². The van der Waals surface area contributed by atoms with Crippen molar-refractivity contribution in [2.24, 2.45) is 27.9 Å². The summed E-state index contributed by atoms with van der Waals surface area (Å²) in [4.78, 5) is 4.20. The first-order chi connectivity index (χ1) is 5.77. The number of hydrazine groups is 1. The lowest BCUT2D eigenvalue weighted by Gasteiger charge is -2.10. The molecular formula is C8H16N4. The van der Waals surface area contributed by atoms with E-state index in [0.29, 0.717) is 11.4 Å². The summed E-state index contributed by atoms with van der Waals surface area (Å²) in [6.07, 6.45) is 5.45. The zero-order valence-corrected chi connectivity index (χ0v) is 7.21. The molecule has 2 rings (SSSR count). The van der Waals surface area contributed by atoms with Gasteiger partial charge in [-0.1, -0.05) is 0 Å². The number of hydrogen-bond donors (Lipinski definition) is 3. The summed E-state index contributed by atoms with van der Waals surface area (Å²) in [6, 6.07) is 0. The van der Waals surface area contributed by atoms with Crippen molar-refractivity contribution in [3.05, 3.63) is 0 Å². The van der Waals surface area contributed by atoms with Gasteiger partial charge in [0.25, 0.3) is 0 Å². The molecule has 0 aromatic rings. The first-order valence-corrected chi connectivity index (χ1v) is 4.53. The lowest BCUT2D eigenvalue weighted by molar-refractivity contribution is 0.453. The summed E-state index contributed by atoms with van der Waals surface area (Å²) in [7, 11) is 0. The summed E-state index contributed by atoms with van der Waals surface area (Å²) >= 11 is 0. The van der Waals surface area contributed by atoms with Crippen LogP contribution in [-0.4, -0.2) is 12.5 Å². The molecule has 2 saturated carbocycles. The predicted molar refractivity (Wildman–Crippen MR) is 48.2 cm³/mol. The Labute approximate surface area is 72.4 Å². The van der Waals surface area contributed by atoms with Gasteiger partial charge in [0.1, 0.15) is 0 Å². The van der Waals surface area contributed by atoms with Crippen molar-refractivity contribution in [1.29, 1.82) is 0 Å². The minimum atomic E-state index is 0.363. The van der Waals surface area contributed by atoms with Crippen LogP contribution in [-0.2, 0) is 0 Å². The highest BCUT2D eigenvalue weighted by molar-refractivity contribution is 5.77. The molecule has 68 valence electrons. The molecule has 0 bridgehead atoms. The first kappa shape index (κ1) is 7.86. The van der Waals surface area contributed by atoms with E-state index < -0.39 is 0 Å². The normalized spacial score (nSPS) is 26.9. The first-order valence-electron chi connectivity index (χ1n) is 4.53. The maximum absolute atomic E-state index is 5.44. The fraction of sp³-hybridized carbons (Fsp3) is 0.875. The standard InChI is InChI=1S/C8H16N4/c9-7(12-10)11-5-8(3-4-8)6-1-2-6/h6H,1-5,10H2,(H3,9,11,12). The predicted octanol–water partition coefficient (Wildman–Crippen LogP) is -0.0454. The van der Waals surface area contributed by atoms with Crippen molar-refractivity contribution in [3.8, 4) is 0 Å². The fourth-order valence-corrected chi connectivity index (χ4v) is 1.84. The van der Waals surface area contributed by atoms with Crippen molar-refractivity contribution in [2.45, 2.75) is 25.7 Å². The Morgan fingerprint density at radius 1 is 1.50 bits per heavy atom. The number of hydrogen-bond acceptors (Lipinski definition) is 2. The summed E-state index contributed by atoms with van der Waals surface area (Å²) < 4.78 is 0. The molecule has 12 heavy (non-hydrogen) atoms. The van der Waals surface area contributed by atoms with Crippen LogP contribution in [0.15, 0.2) is 4.99 Å². The maximum Gasteiger partial charge on any atom is 0.203 e. The Balaban J connectivity index is 1.86. The van der Waals surface area contributed by atoms with Gasteiger partial charge in [-0.15, -0.1) is 0 Å². The molecule has 5 N–H and O–H groups in total. The van der Waals surface area contributed by atoms with Crippen LogP contribution in [0.1, 0.15) is 25.7 Å². The van der Waals surface area contributed by atoms with Crippen LogP contribution in [0.25, 0.3) is 0 Å². The third-order valence-electron chi connectivity index (χ3n) is 3.05. The summed E-state index contributed by atoms with van der Waals surface area (Å²) in [5.74, 6) is 6.41. The number of guanidine groups is 1. The number of nitrogens with zero attached hydrogens (tertiary/aromatic N) is 1. The molecule has 0 amide bonds. The molecule has 4 nitrogen and oxygen atoms in total. The zero-order chi connectivity index (χ0) is 8.60. The molecule has 0 aromatic heterocycles. The van der Waals surface area contributed by atoms with Crippen LogP contribution in [0.2, 0.25) is 0 Å². The van der Waals surface area contributed by atoms with Crippen molar-refractivity contribution < 1.29 is 0 Å². The van der Waals surface area contributed by atoms with Crippen LogP contribution in [0.5, 0.6) is 0 Å². The molecule has 0 aromatic carbocycles. The van der Waals surface area contributed by atoms with Gasteiger partial charge in [-0.3, -0.25) is 10.4 Å². The maximum atomic E-state index is 5.44. The van der Waals surface area contributed by atoms with Crippen LogP contribution in [0.4, 0.5) is 0 Å². The van der Waals surface area contributed by atoms with Gasteiger partial charge in [0, 0.05) is 6.54 Å². The summed E-state index contributed by atoms with van der Waals surface area (Å²) in [6.45, 7) is 0.869. The van der Waals surface area contributed by atoms with Gasteiger partial charge in [0.2, 0.25) is 5.96 Å². The third-order valence-corrected chi connectivity index (χ3v) is 3.05. The van der Waals surface area contributed by atoms with Gasteiger partial charge < -0.3 is 5.73 Å². The van der Waals surface area contributed by atoms with Crippen LogP contribution >= 0.6 is 0 Å². The van der Waals surface area contributed by atoms with Gasteiger partial charge in [0.05, 0.1) is 0 Å². The third kappa shape index (κ3) is 1.39. The second-order valence-electron chi connectivity index (χ2n) is 3.98. The molecule has 2 aliphatic rings. The van der Waals surface area contributed by atoms with Gasteiger partial charge in [-0.25, -0.2) is 5.84 Å². The van der Waals surface area contributed by atoms with E-state index in [1.54, 1.807) is 0 Å². The average Bonchev–Trinajstić information content (AvgIpc) is 2.88. The summed E-state index contributed by atoms with van der Waals surface area (Å²) in [5.41, 5.74) is 8.32. The molecule has 2 fully saturated rings. The highest BCUT2D eigenvalue weighted by Gasteiger charge is 2.53. The van der Waals surface area contributed by atoms with E-state index in [-0.39, 0.29) is 0 Å². The van der Waals surface area contributed by atoms with E-state index in [9.17, 15) is 0 Å². The molecule has 0 aliphatic heterocycles. The van der Waals surface area contributed by atoms with Crippen molar-refractivity contribution in [2.75, 3.05) is 6.54 Å². The Hall–Kier alpha value is -0.770. The number of rotatable bonds is 3. The lowest BCUT2D eigenvalue weighted by atomic mass is 10.0. The topological polar surface area (TPSA) is 76.4 Å². The van der Waals surface area contributed by atoms with E-state index >= 15 is 0 Å². The number of nitrogens with two attached hydrogens (primary N) is 2. The SMILES string of the molecule is NNC(N)=NCC1(C2CC2)CC1. The largest absolute Gasteiger partial charge is 0.369 e. The van der Waals surface area contributed by atoms with Gasteiger partial charge >= 0.3 is 0 Å². The molecule has 0 heterocycles. The summed E-state index contributed by atoms with van der Waals surface area (Å²) in [5, 5.41) is 0. The minimum Gasteiger partial charge on any atom is -0.369 e. The second kappa shape index (κ2) is 2.62. The van der Waals surface area contributed by atoms with Crippen LogP contribution in [0.3, 0.4) is 0 Å². The van der Waals surface area contributed by atoms with E-state index in [2.05, 4.69) is 10.4 Å². The smallest absolute Gasteiger partial charge is 0.203 e. The Kier molecular flexibility index (Phi) is 1.72. The lowest BCUT2D eigenvalue weighted by Crippen LogP contribution is -2.37. The van der Waals surface area contributed by atoms with E-state index in [1.807, 2.05) is 0 Å². The van der Waals surface area contributed by atoms with Crippen LogP contribution in [0, 0.1) is 11.3 Å². The monoisotopic (exact) mass is 168 g/mol.